The van der Waals surface area contributed by atoms with Crippen LogP contribution in [-0.4, -0.2) is 32.8 Å². The first-order valence-corrected chi connectivity index (χ1v) is 6.76. The molecule has 0 radical (unpaired) electrons. The molecular formula is C15H17N3O3. The van der Waals surface area contributed by atoms with Crippen LogP contribution in [0.3, 0.4) is 0 Å². The molecule has 1 heterocycles. The third-order valence-corrected chi connectivity index (χ3v) is 3.06. The summed E-state index contributed by atoms with van der Waals surface area (Å²) >= 11 is 0. The topological polar surface area (TPSA) is 84.2 Å². The van der Waals surface area contributed by atoms with Crippen LogP contribution in [0.2, 0.25) is 0 Å². The number of hydrogen-bond acceptors (Lipinski definition) is 3. The lowest BCUT2D eigenvalue weighted by molar-refractivity contribution is -0.139. The number of nitrogens with zero attached hydrogens (tertiary/aromatic N) is 2. The molecule has 0 bridgehead atoms. The summed E-state index contributed by atoms with van der Waals surface area (Å²) in [5.41, 5.74) is 1.05. The van der Waals surface area contributed by atoms with Gasteiger partial charge in [0, 0.05) is 0 Å². The van der Waals surface area contributed by atoms with Gasteiger partial charge in [-0.3, -0.25) is 4.79 Å². The van der Waals surface area contributed by atoms with E-state index in [0.29, 0.717) is 18.5 Å². The number of aromatic nitrogens is 2. The molecule has 2 N–H and O–H groups in total. The Hall–Kier alpha value is -2.63. The van der Waals surface area contributed by atoms with Gasteiger partial charge in [0.1, 0.15) is 11.7 Å². The van der Waals surface area contributed by atoms with E-state index < -0.39 is 17.9 Å². The van der Waals surface area contributed by atoms with Crippen molar-refractivity contribution in [3.8, 4) is 5.69 Å². The van der Waals surface area contributed by atoms with Crippen molar-refractivity contribution < 1.29 is 14.7 Å². The summed E-state index contributed by atoms with van der Waals surface area (Å²) in [4.78, 5) is 23.4. The molecule has 21 heavy (non-hydrogen) atoms. The van der Waals surface area contributed by atoms with Gasteiger partial charge in [-0.05, 0) is 24.6 Å². The first-order chi connectivity index (χ1) is 10.1. The second-order valence-electron chi connectivity index (χ2n) is 4.62. The molecular weight excluding hydrogens is 270 g/mol. The molecule has 0 saturated carbocycles. The molecule has 0 aliphatic rings. The summed E-state index contributed by atoms with van der Waals surface area (Å²) in [5, 5.41) is 15.7. The maximum absolute atomic E-state index is 12.3. The normalized spacial score (nSPS) is 11.9. The molecule has 1 amide bonds. The number of amides is 1. The Kier molecular flexibility index (Phi) is 4.71. The first kappa shape index (κ1) is 14.8. The van der Waals surface area contributed by atoms with E-state index in [-0.39, 0.29) is 0 Å². The average Bonchev–Trinajstić information content (AvgIpc) is 2.97. The van der Waals surface area contributed by atoms with Crippen molar-refractivity contribution in [2.45, 2.75) is 25.8 Å². The highest BCUT2D eigenvalue weighted by atomic mass is 16.4. The Balaban J connectivity index is 2.21. The first-order valence-electron chi connectivity index (χ1n) is 6.76. The molecule has 0 spiro atoms. The molecule has 1 aromatic heterocycles. The summed E-state index contributed by atoms with van der Waals surface area (Å²) in [5.74, 6) is -1.48. The Morgan fingerprint density at radius 3 is 2.62 bits per heavy atom. The fourth-order valence-corrected chi connectivity index (χ4v) is 2.03. The molecule has 0 aliphatic carbocycles. The van der Waals surface area contributed by atoms with Crippen molar-refractivity contribution in [1.82, 2.24) is 15.1 Å². The summed E-state index contributed by atoms with van der Waals surface area (Å²) in [6.07, 6.45) is 2.58. The van der Waals surface area contributed by atoms with Crippen LogP contribution in [0.4, 0.5) is 0 Å². The van der Waals surface area contributed by atoms with Crippen LogP contribution in [0.5, 0.6) is 0 Å². The van der Waals surface area contributed by atoms with Crippen LogP contribution in [0.15, 0.2) is 42.6 Å². The number of benzene rings is 1. The number of carboxylic acids is 1. The van der Waals surface area contributed by atoms with Crippen molar-refractivity contribution in [3.63, 3.8) is 0 Å². The highest BCUT2D eigenvalue weighted by molar-refractivity contribution is 5.95. The number of para-hydroxylation sites is 1. The summed E-state index contributed by atoms with van der Waals surface area (Å²) < 4.78 is 1.49. The van der Waals surface area contributed by atoms with Crippen molar-refractivity contribution in [3.05, 3.63) is 48.3 Å². The van der Waals surface area contributed by atoms with Crippen LogP contribution >= 0.6 is 0 Å². The van der Waals surface area contributed by atoms with E-state index in [4.69, 9.17) is 5.11 Å². The summed E-state index contributed by atoms with van der Waals surface area (Å²) in [6, 6.07) is 9.88. The average molecular weight is 287 g/mol. The monoisotopic (exact) mass is 287 g/mol. The fraction of sp³-hybridized carbons (Fsp3) is 0.267. The van der Waals surface area contributed by atoms with Gasteiger partial charge < -0.3 is 10.4 Å². The van der Waals surface area contributed by atoms with Gasteiger partial charge in [-0.2, -0.15) is 5.10 Å². The van der Waals surface area contributed by atoms with E-state index in [9.17, 15) is 9.59 Å². The maximum atomic E-state index is 12.3. The molecule has 6 heteroatoms. The molecule has 0 aliphatic heterocycles. The fourth-order valence-electron chi connectivity index (χ4n) is 2.03. The zero-order valence-electron chi connectivity index (χ0n) is 11.7. The van der Waals surface area contributed by atoms with Gasteiger partial charge in [-0.15, -0.1) is 0 Å². The zero-order chi connectivity index (χ0) is 15.2. The standard InChI is InChI=1S/C15H17N3O3/c1-2-6-12(15(20)21)17-14(19)13-9-10-16-18(13)11-7-4-3-5-8-11/h3-5,7-10,12H,2,6H2,1H3,(H,17,19)(H,20,21). The Bertz CT molecular complexity index is 622. The number of rotatable bonds is 6. The lowest BCUT2D eigenvalue weighted by atomic mass is 10.1. The quantitative estimate of drug-likeness (QED) is 0.849. The summed E-state index contributed by atoms with van der Waals surface area (Å²) in [7, 11) is 0. The lowest BCUT2D eigenvalue weighted by Gasteiger charge is -2.14. The van der Waals surface area contributed by atoms with E-state index in [1.807, 2.05) is 37.3 Å². The predicted molar refractivity (Wildman–Crippen MR) is 77.4 cm³/mol. The third kappa shape index (κ3) is 3.47. The molecule has 2 rings (SSSR count). The Morgan fingerprint density at radius 2 is 2.00 bits per heavy atom. The van der Waals surface area contributed by atoms with E-state index in [1.54, 1.807) is 6.07 Å². The van der Waals surface area contributed by atoms with Crippen molar-refractivity contribution in [1.29, 1.82) is 0 Å². The smallest absolute Gasteiger partial charge is 0.326 e. The van der Waals surface area contributed by atoms with Crippen molar-refractivity contribution in [2.24, 2.45) is 0 Å². The number of nitrogens with one attached hydrogen (secondary N) is 1. The molecule has 1 aromatic carbocycles. The van der Waals surface area contributed by atoms with Crippen LogP contribution in [0.1, 0.15) is 30.3 Å². The van der Waals surface area contributed by atoms with Gasteiger partial charge in [0.15, 0.2) is 0 Å². The number of carbonyl (C=O) groups is 2. The Morgan fingerprint density at radius 1 is 1.29 bits per heavy atom. The van der Waals surface area contributed by atoms with E-state index >= 15 is 0 Å². The molecule has 110 valence electrons. The van der Waals surface area contributed by atoms with Crippen LogP contribution in [0, 0.1) is 0 Å². The predicted octanol–water partition coefficient (Wildman–Crippen LogP) is 1.86. The number of carboxylic acid groups (broad SMARTS) is 1. The minimum Gasteiger partial charge on any atom is -0.480 e. The van der Waals surface area contributed by atoms with Crippen molar-refractivity contribution in [2.75, 3.05) is 0 Å². The van der Waals surface area contributed by atoms with E-state index in [2.05, 4.69) is 10.4 Å². The van der Waals surface area contributed by atoms with Gasteiger partial charge in [-0.1, -0.05) is 31.5 Å². The van der Waals surface area contributed by atoms with Gasteiger partial charge in [0.25, 0.3) is 5.91 Å². The zero-order valence-corrected chi connectivity index (χ0v) is 11.7. The third-order valence-electron chi connectivity index (χ3n) is 3.06. The highest BCUT2D eigenvalue weighted by Crippen LogP contribution is 2.10. The SMILES string of the molecule is CCCC(NC(=O)c1ccnn1-c1ccccc1)C(=O)O. The molecule has 6 nitrogen and oxygen atoms in total. The minimum absolute atomic E-state index is 0.309. The van der Waals surface area contributed by atoms with Crippen molar-refractivity contribution >= 4 is 11.9 Å². The highest BCUT2D eigenvalue weighted by Gasteiger charge is 2.21. The maximum Gasteiger partial charge on any atom is 0.326 e. The molecule has 2 aromatic rings. The van der Waals surface area contributed by atoms with Gasteiger partial charge in [0.05, 0.1) is 11.9 Å². The minimum atomic E-state index is -1.03. The van der Waals surface area contributed by atoms with E-state index in [0.717, 1.165) is 5.69 Å². The van der Waals surface area contributed by atoms with E-state index in [1.165, 1.54) is 10.9 Å². The molecule has 1 unspecified atom stereocenters. The van der Waals surface area contributed by atoms with Crippen LogP contribution in [-0.2, 0) is 4.79 Å². The summed E-state index contributed by atoms with van der Waals surface area (Å²) in [6.45, 7) is 1.87. The Labute approximate surface area is 122 Å². The van der Waals surface area contributed by atoms with Gasteiger partial charge in [0.2, 0.25) is 0 Å². The van der Waals surface area contributed by atoms with Gasteiger partial charge >= 0.3 is 5.97 Å². The van der Waals surface area contributed by atoms with Crippen LogP contribution < -0.4 is 5.32 Å². The second kappa shape index (κ2) is 6.69. The lowest BCUT2D eigenvalue weighted by Crippen LogP contribution is -2.41. The van der Waals surface area contributed by atoms with Crippen LogP contribution in [0.25, 0.3) is 5.69 Å². The number of aliphatic carboxylic acids is 1. The molecule has 1 atom stereocenters. The number of hydrogen-bond donors (Lipinski definition) is 2. The number of carbonyl (C=O) groups excluding carboxylic acids is 1. The molecule has 0 fully saturated rings. The molecule has 0 saturated heterocycles. The van der Waals surface area contributed by atoms with Gasteiger partial charge in [-0.25, -0.2) is 9.48 Å². The second-order valence-corrected chi connectivity index (χ2v) is 4.62. The largest absolute Gasteiger partial charge is 0.480 e.